The van der Waals surface area contributed by atoms with Crippen molar-refractivity contribution in [1.29, 1.82) is 0 Å². The second-order valence-electron chi connectivity index (χ2n) is 6.25. The first kappa shape index (κ1) is 17.1. The lowest BCUT2D eigenvalue weighted by molar-refractivity contribution is 0.680. The van der Waals surface area contributed by atoms with Gasteiger partial charge in [0.1, 0.15) is 0 Å². The van der Waals surface area contributed by atoms with Crippen LogP contribution in [0.3, 0.4) is 0 Å². The smallest absolute Gasteiger partial charge is 0.0946 e. The molecule has 0 saturated heterocycles. The normalized spacial score (nSPS) is 12.5. The molecule has 1 aromatic heterocycles. The van der Waals surface area contributed by atoms with Gasteiger partial charge in [-0.2, -0.15) is 11.8 Å². The highest BCUT2D eigenvalue weighted by Gasteiger charge is 2.15. The second kappa shape index (κ2) is 8.93. The predicted octanol–water partition coefficient (Wildman–Crippen LogP) is 6.09. The van der Waals surface area contributed by atoms with E-state index in [-0.39, 0.29) is 0 Å². The molecule has 3 rings (SSSR count). The number of imidazole rings is 1. The van der Waals surface area contributed by atoms with Crippen LogP contribution < -0.4 is 0 Å². The summed E-state index contributed by atoms with van der Waals surface area (Å²) in [5, 5.41) is 3.18. The molecule has 3 heteroatoms. The highest BCUT2D eigenvalue weighted by atomic mass is 32.2. The molecule has 0 N–H and O–H groups in total. The van der Waals surface area contributed by atoms with Crippen molar-refractivity contribution in [2.45, 2.75) is 44.4 Å². The average molecular weight is 339 g/mol. The Bertz CT molecular complexity index is 731. The number of fused-ring (bicyclic) bond motifs is 1. The van der Waals surface area contributed by atoms with Crippen LogP contribution in [0.15, 0.2) is 61.2 Å². The van der Waals surface area contributed by atoms with Gasteiger partial charge in [0.25, 0.3) is 0 Å². The number of benzene rings is 2. The standard InChI is InChI=1S/C21H26N2S/c1-2-3-4-7-15-24-21(16-23-14-13-22-17-23)20-12-8-10-18-9-5-6-11-19(18)20/h5-6,8-14,17,21H,2-4,7,15-16H2,1H3. The van der Waals surface area contributed by atoms with Crippen LogP contribution in [0.2, 0.25) is 0 Å². The molecule has 24 heavy (non-hydrogen) atoms. The van der Waals surface area contributed by atoms with E-state index in [2.05, 4.69) is 76.9 Å². The summed E-state index contributed by atoms with van der Waals surface area (Å²) in [5.41, 5.74) is 1.45. The van der Waals surface area contributed by atoms with E-state index in [1.54, 1.807) is 0 Å². The second-order valence-corrected chi connectivity index (χ2v) is 7.56. The summed E-state index contributed by atoms with van der Waals surface area (Å²) < 4.78 is 2.20. The Morgan fingerprint density at radius 1 is 1.04 bits per heavy atom. The number of aromatic nitrogens is 2. The lowest BCUT2D eigenvalue weighted by Gasteiger charge is -2.20. The van der Waals surface area contributed by atoms with Crippen molar-refractivity contribution in [3.8, 4) is 0 Å². The maximum absolute atomic E-state index is 4.21. The van der Waals surface area contributed by atoms with Crippen LogP contribution in [0.5, 0.6) is 0 Å². The Balaban J connectivity index is 1.79. The van der Waals surface area contributed by atoms with Crippen LogP contribution in [0.4, 0.5) is 0 Å². The molecule has 0 aliphatic rings. The van der Waals surface area contributed by atoms with E-state index in [0.29, 0.717) is 5.25 Å². The fourth-order valence-electron chi connectivity index (χ4n) is 3.11. The van der Waals surface area contributed by atoms with Crippen molar-refractivity contribution in [3.05, 3.63) is 66.7 Å². The maximum atomic E-state index is 4.21. The SMILES string of the molecule is CCCCCCSC(Cn1ccnc1)c1cccc2ccccc12. The Morgan fingerprint density at radius 2 is 1.92 bits per heavy atom. The Morgan fingerprint density at radius 3 is 2.75 bits per heavy atom. The fourth-order valence-corrected chi connectivity index (χ4v) is 4.43. The van der Waals surface area contributed by atoms with Crippen molar-refractivity contribution < 1.29 is 0 Å². The van der Waals surface area contributed by atoms with E-state index in [0.717, 1.165) is 6.54 Å². The highest BCUT2D eigenvalue weighted by molar-refractivity contribution is 7.99. The van der Waals surface area contributed by atoms with Gasteiger partial charge < -0.3 is 4.57 Å². The molecule has 0 saturated carbocycles. The van der Waals surface area contributed by atoms with Crippen LogP contribution in [-0.4, -0.2) is 15.3 Å². The van der Waals surface area contributed by atoms with Gasteiger partial charge >= 0.3 is 0 Å². The molecule has 0 fully saturated rings. The number of rotatable bonds is 9. The predicted molar refractivity (Wildman–Crippen MR) is 106 cm³/mol. The zero-order valence-electron chi connectivity index (χ0n) is 14.4. The number of nitrogens with zero attached hydrogens (tertiary/aromatic N) is 2. The molecule has 0 aliphatic carbocycles. The van der Waals surface area contributed by atoms with Crippen molar-refractivity contribution in [2.75, 3.05) is 5.75 Å². The van der Waals surface area contributed by atoms with E-state index >= 15 is 0 Å². The third-order valence-electron chi connectivity index (χ3n) is 4.42. The van der Waals surface area contributed by atoms with Gasteiger partial charge in [-0.05, 0) is 28.5 Å². The molecule has 2 aromatic carbocycles. The number of hydrogen-bond donors (Lipinski definition) is 0. The quantitative estimate of drug-likeness (QED) is 0.439. The highest BCUT2D eigenvalue weighted by Crippen LogP contribution is 2.35. The van der Waals surface area contributed by atoms with E-state index in [9.17, 15) is 0 Å². The number of hydrogen-bond acceptors (Lipinski definition) is 2. The summed E-state index contributed by atoms with van der Waals surface area (Å²) in [6.45, 7) is 3.25. The minimum absolute atomic E-state index is 0.465. The lowest BCUT2D eigenvalue weighted by Crippen LogP contribution is -2.06. The Labute approximate surface area is 149 Å². The first-order valence-corrected chi connectivity index (χ1v) is 9.98. The number of unbranched alkanes of at least 4 members (excludes halogenated alkanes) is 3. The molecule has 0 aliphatic heterocycles. The van der Waals surface area contributed by atoms with E-state index in [4.69, 9.17) is 0 Å². The topological polar surface area (TPSA) is 17.8 Å². The molecule has 0 radical (unpaired) electrons. The Hall–Kier alpha value is -1.74. The van der Waals surface area contributed by atoms with Crippen molar-refractivity contribution in [3.63, 3.8) is 0 Å². The van der Waals surface area contributed by atoms with Gasteiger partial charge in [-0.25, -0.2) is 4.98 Å². The molecular weight excluding hydrogens is 312 g/mol. The summed E-state index contributed by atoms with van der Waals surface area (Å²) in [4.78, 5) is 4.21. The molecular formula is C21H26N2S. The summed E-state index contributed by atoms with van der Waals surface area (Å²) in [6.07, 6.45) is 11.2. The van der Waals surface area contributed by atoms with Crippen molar-refractivity contribution in [1.82, 2.24) is 9.55 Å². The first-order chi connectivity index (χ1) is 11.9. The minimum Gasteiger partial charge on any atom is -0.336 e. The zero-order chi connectivity index (χ0) is 16.6. The van der Waals surface area contributed by atoms with Crippen LogP contribution >= 0.6 is 11.8 Å². The molecule has 2 nitrogen and oxygen atoms in total. The summed E-state index contributed by atoms with van der Waals surface area (Å²) in [5.74, 6) is 1.22. The van der Waals surface area contributed by atoms with Gasteiger partial charge in [-0.15, -0.1) is 0 Å². The molecule has 1 heterocycles. The molecule has 3 aromatic rings. The zero-order valence-corrected chi connectivity index (χ0v) is 15.2. The van der Waals surface area contributed by atoms with Crippen LogP contribution in [0.25, 0.3) is 10.8 Å². The largest absolute Gasteiger partial charge is 0.336 e. The van der Waals surface area contributed by atoms with Gasteiger partial charge in [0.15, 0.2) is 0 Å². The lowest BCUT2D eigenvalue weighted by atomic mass is 10.0. The molecule has 0 bridgehead atoms. The van der Waals surface area contributed by atoms with Crippen molar-refractivity contribution >= 4 is 22.5 Å². The van der Waals surface area contributed by atoms with E-state index in [1.807, 2.05) is 12.5 Å². The molecule has 1 unspecified atom stereocenters. The van der Waals surface area contributed by atoms with Gasteiger partial charge in [-0.1, -0.05) is 68.7 Å². The van der Waals surface area contributed by atoms with Crippen LogP contribution in [0, 0.1) is 0 Å². The average Bonchev–Trinajstić information content (AvgIpc) is 3.13. The van der Waals surface area contributed by atoms with Gasteiger partial charge in [-0.3, -0.25) is 0 Å². The van der Waals surface area contributed by atoms with Gasteiger partial charge in [0.2, 0.25) is 0 Å². The van der Waals surface area contributed by atoms with E-state index in [1.165, 1.54) is 47.8 Å². The third-order valence-corrected chi connectivity index (χ3v) is 5.75. The fraction of sp³-hybridized carbons (Fsp3) is 0.381. The van der Waals surface area contributed by atoms with Gasteiger partial charge in [0, 0.05) is 24.2 Å². The van der Waals surface area contributed by atoms with Crippen LogP contribution in [-0.2, 0) is 6.54 Å². The minimum atomic E-state index is 0.465. The number of thioether (sulfide) groups is 1. The molecule has 126 valence electrons. The third kappa shape index (κ3) is 4.41. The molecule has 0 spiro atoms. The van der Waals surface area contributed by atoms with E-state index < -0.39 is 0 Å². The first-order valence-electron chi connectivity index (χ1n) is 8.93. The van der Waals surface area contributed by atoms with Crippen molar-refractivity contribution in [2.24, 2.45) is 0 Å². The summed E-state index contributed by atoms with van der Waals surface area (Å²) in [6, 6.07) is 15.4. The van der Waals surface area contributed by atoms with Crippen LogP contribution in [0.1, 0.15) is 43.4 Å². The maximum Gasteiger partial charge on any atom is 0.0946 e. The molecule has 1 atom stereocenters. The molecule has 0 amide bonds. The summed E-state index contributed by atoms with van der Waals surface area (Å²) in [7, 11) is 0. The Kier molecular flexibility index (Phi) is 6.36. The monoisotopic (exact) mass is 338 g/mol. The summed E-state index contributed by atoms with van der Waals surface area (Å²) >= 11 is 2.09. The van der Waals surface area contributed by atoms with Gasteiger partial charge in [0.05, 0.1) is 6.33 Å².